The van der Waals surface area contributed by atoms with Crippen molar-refractivity contribution in [1.82, 2.24) is 24.3 Å². The minimum Gasteiger partial charge on any atom is -0.374 e. The zero-order valence-corrected chi connectivity index (χ0v) is 19.0. The van der Waals surface area contributed by atoms with Crippen LogP contribution in [-0.2, 0) is 6.54 Å². The molecule has 0 unspecified atom stereocenters. The largest absolute Gasteiger partial charge is 0.374 e. The number of hydrogen-bond donors (Lipinski definition) is 0. The third kappa shape index (κ3) is 4.84. The van der Waals surface area contributed by atoms with E-state index in [0.717, 1.165) is 41.4 Å². The fraction of sp³-hybridized carbons (Fsp3) is 0.217. The average Bonchev–Trinajstić information content (AvgIpc) is 3.11. The highest BCUT2D eigenvalue weighted by Crippen LogP contribution is 2.23. The standard InChI is InChI=1S/C23H23ClN6S/c1-17-4-9-21(26-16-17)22-27-29(15-3-14-28(2)19-10-12-25-13-11-19)23(31)30(22)20-7-5-18(24)6-8-20/h4-13,16H,3,14-15H2,1-2H3. The summed E-state index contributed by atoms with van der Waals surface area (Å²) in [6.45, 7) is 3.59. The SMILES string of the molecule is Cc1ccc(-c2nn(CCCN(C)c3ccncc3)c(=S)n2-c2ccc(Cl)cc2)nc1. The number of hydrogen-bond acceptors (Lipinski definition) is 5. The Morgan fingerprint density at radius 1 is 1.03 bits per heavy atom. The van der Waals surface area contributed by atoms with E-state index < -0.39 is 0 Å². The van der Waals surface area contributed by atoms with Gasteiger partial charge in [0.15, 0.2) is 5.82 Å². The van der Waals surface area contributed by atoms with Crippen molar-refractivity contribution in [3.8, 4) is 17.2 Å². The molecular weight excluding hydrogens is 428 g/mol. The van der Waals surface area contributed by atoms with Crippen molar-refractivity contribution in [2.75, 3.05) is 18.5 Å². The van der Waals surface area contributed by atoms with E-state index in [9.17, 15) is 0 Å². The predicted molar refractivity (Wildman–Crippen MR) is 127 cm³/mol. The van der Waals surface area contributed by atoms with Crippen LogP contribution in [0.4, 0.5) is 5.69 Å². The van der Waals surface area contributed by atoms with Crippen molar-refractivity contribution in [1.29, 1.82) is 0 Å². The Morgan fingerprint density at radius 3 is 2.45 bits per heavy atom. The molecule has 4 aromatic rings. The Bertz CT molecular complexity index is 1200. The third-order valence-corrected chi connectivity index (χ3v) is 5.68. The fourth-order valence-electron chi connectivity index (χ4n) is 3.33. The second-order valence-electron chi connectivity index (χ2n) is 7.34. The first-order valence-corrected chi connectivity index (χ1v) is 10.8. The van der Waals surface area contributed by atoms with E-state index in [2.05, 4.69) is 21.9 Å². The minimum atomic E-state index is 0.631. The van der Waals surface area contributed by atoms with E-state index in [0.29, 0.717) is 16.3 Å². The first-order valence-electron chi connectivity index (χ1n) is 10.0. The highest BCUT2D eigenvalue weighted by molar-refractivity contribution is 7.71. The summed E-state index contributed by atoms with van der Waals surface area (Å²) in [4.78, 5) is 10.8. The maximum absolute atomic E-state index is 6.09. The van der Waals surface area contributed by atoms with Gasteiger partial charge in [-0.15, -0.1) is 5.10 Å². The van der Waals surface area contributed by atoms with Crippen molar-refractivity contribution in [2.24, 2.45) is 0 Å². The molecule has 0 amide bonds. The normalized spacial score (nSPS) is 10.9. The average molecular weight is 451 g/mol. The fourth-order valence-corrected chi connectivity index (χ4v) is 3.78. The molecule has 0 fully saturated rings. The van der Waals surface area contributed by atoms with Gasteiger partial charge in [-0.3, -0.25) is 14.5 Å². The lowest BCUT2D eigenvalue weighted by Gasteiger charge is -2.18. The van der Waals surface area contributed by atoms with E-state index in [1.54, 1.807) is 12.4 Å². The Hall–Kier alpha value is -3.03. The molecule has 0 radical (unpaired) electrons. The van der Waals surface area contributed by atoms with Crippen LogP contribution in [0.2, 0.25) is 5.02 Å². The quantitative estimate of drug-likeness (QED) is 0.355. The Kier molecular flexibility index (Phi) is 6.44. The Morgan fingerprint density at radius 2 is 1.77 bits per heavy atom. The number of rotatable bonds is 7. The number of nitrogens with zero attached hydrogens (tertiary/aromatic N) is 6. The number of pyridine rings is 2. The maximum atomic E-state index is 6.09. The van der Waals surface area contributed by atoms with Gasteiger partial charge in [0.1, 0.15) is 5.69 Å². The number of anilines is 1. The lowest BCUT2D eigenvalue weighted by molar-refractivity contribution is 0.569. The smallest absolute Gasteiger partial charge is 0.202 e. The van der Waals surface area contributed by atoms with Gasteiger partial charge in [-0.25, -0.2) is 4.68 Å². The van der Waals surface area contributed by atoms with Gasteiger partial charge in [-0.2, -0.15) is 0 Å². The van der Waals surface area contributed by atoms with E-state index in [1.165, 1.54) is 0 Å². The minimum absolute atomic E-state index is 0.631. The van der Waals surface area contributed by atoms with Crippen molar-refractivity contribution in [2.45, 2.75) is 19.9 Å². The molecule has 4 rings (SSSR count). The van der Waals surface area contributed by atoms with E-state index in [-0.39, 0.29) is 0 Å². The highest BCUT2D eigenvalue weighted by atomic mass is 35.5. The molecule has 0 aliphatic heterocycles. The van der Waals surface area contributed by atoms with Crippen LogP contribution < -0.4 is 4.90 Å². The van der Waals surface area contributed by atoms with Crippen molar-refractivity contribution < 1.29 is 0 Å². The summed E-state index contributed by atoms with van der Waals surface area (Å²) in [5.41, 5.74) is 3.92. The molecule has 0 aliphatic rings. The van der Waals surface area contributed by atoms with Crippen molar-refractivity contribution >= 4 is 29.5 Å². The molecular formula is C23H23ClN6S. The van der Waals surface area contributed by atoms with Crippen LogP contribution in [0.1, 0.15) is 12.0 Å². The van der Waals surface area contributed by atoms with Crippen molar-refractivity contribution in [3.63, 3.8) is 0 Å². The molecule has 0 saturated heterocycles. The first kappa shape index (κ1) is 21.2. The molecule has 0 aliphatic carbocycles. The lowest BCUT2D eigenvalue weighted by Crippen LogP contribution is -2.20. The van der Waals surface area contributed by atoms with Gasteiger partial charge in [0.25, 0.3) is 0 Å². The Labute approximate surface area is 191 Å². The molecule has 8 heteroatoms. The second-order valence-corrected chi connectivity index (χ2v) is 8.14. The number of aromatic nitrogens is 5. The van der Waals surface area contributed by atoms with Gasteiger partial charge < -0.3 is 4.90 Å². The van der Waals surface area contributed by atoms with Crippen LogP contribution >= 0.6 is 23.8 Å². The van der Waals surface area contributed by atoms with Crippen LogP contribution in [0, 0.1) is 11.7 Å². The molecule has 158 valence electrons. The summed E-state index contributed by atoms with van der Waals surface area (Å²) < 4.78 is 4.46. The topological polar surface area (TPSA) is 51.8 Å². The van der Waals surface area contributed by atoms with Gasteiger partial charge in [-0.05, 0) is 73.6 Å². The molecule has 0 saturated carbocycles. The summed E-state index contributed by atoms with van der Waals surface area (Å²) in [7, 11) is 2.07. The zero-order valence-electron chi connectivity index (χ0n) is 17.4. The van der Waals surface area contributed by atoms with Gasteiger partial charge in [0, 0.05) is 49.4 Å². The first-order chi connectivity index (χ1) is 15.0. The number of benzene rings is 1. The van der Waals surface area contributed by atoms with Gasteiger partial charge in [0.05, 0.1) is 5.69 Å². The summed E-state index contributed by atoms with van der Waals surface area (Å²) in [5, 5.41) is 5.51. The zero-order chi connectivity index (χ0) is 21.8. The molecule has 0 spiro atoms. The highest BCUT2D eigenvalue weighted by Gasteiger charge is 2.16. The summed E-state index contributed by atoms with van der Waals surface area (Å²) >= 11 is 11.9. The lowest BCUT2D eigenvalue weighted by atomic mass is 10.2. The van der Waals surface area contributed by atoms with Crippen molar-refractivity contribution in [3.05, 3.63) is 82.5 Å². The molecule has 1 aromatic carbocycles. The summed E-state index contributed by atoms with van der Waals surface area (Å²) in [6, 6.07) is 15.6. The van der Waals surface area contributed by atoms with Crippen LogP contribution in [0.3, 0.4) is 0 Å². The number of halogens is 1. The molecule has 3 aromatic heterocycles. The van der Waals surface area contributed by atoms with E-state index in [4.69, 9.17) is 28.9 Å². The van der Waals surface area contributed by atoms with Crippen LogP contribution in [0.15, 0.2) is 67.1 Å². The molecule has 6 nitrogen and oxygen atoms in total. The molecule has 0 atom stereocenters. The summed E-state index contributed by atoms with van der Waals surface area (Å²) in [6.07, 6.45) is 6.34. The molecule has 3 heterocycles. The van der Waals surface area contributed by atoms with Crippen LogP contribution in [0.25, 0.3) is 17.2 Å². The number of aryl methyl sites for hydroxylation is 2. The predicted octanol–water partition coefficient (Wildman–Crippen LogP) is 5.35. The van der Waals surface area contributed by atoms with Gasteiger partial charge in [0.2, 0.25) is 4.77 Å². The monoisotopic (exact) mass is 450 g/mol. The Balaban J connectivity index is 1.62. The third-order valence-electron chi connectivity index (χ3n) is 5.03. The second kappa shape index (κ2) is 9.41. The van der Waals surface area contributed by atoms with Crippen LogP contribution in [-0.4, -0.2) is 37.9 Å². The molecule has 0 N–H and O–H groups in total. The summed E-state index contributed by atoms with van der Waals surface area (Å²) in [5.74, 6) is 0.717. The molecule has 31 heavy (non-hydrogen) atoms. The van der Waals surface area contributed by atoms with E-state index >= 15 is 0 Å². The van der Waals surface area contributed by atoms with Gasteiger partial charge in [-0.1, -0.05) is 17.7 Å². The maximum Gasteiger partial charge on any atom is 0.202 e. The van der Waals surface area contributed by atoms with E-state index in [1.807, 2.05) is 70.9 Å². The van der Waals surface area contributed by atoms with Gasteiger partial charge >= 0.3 is 0 Å². The van der Waals surface area contributed by atoms with Crippen LogP contribution in [0.5, 0.6) is 0 Å². The molecule has 0 bridgehead atoms.